The minimum absolute atomic E-state index is 0.0927. The second-order valence-electron chi connectivity index (χ2n) is 9.06. The van der Waals surface area contributed by atoms with Crippen LogP contribution in [0.1, 0.15) is 16.7 Å². The number of hydrogen-bond acceptors (Lipinski definition) is 6. The molecule has 1 fully saturated rings. The lowest BCUT2D eigenvalue weighted by atomic mass is 10.1. The number of para-hydroxylation sites is 2. The first-order valence-corrected chi connectivity index (χ1v) is 11.8. The number of nitrogens with zero attached hydrogens (tertiary/aromatic N) is 2. The van der Waals surface area contributed by atoms with Gasteiger partial charge < -0.3 is 25.0 Å². The van der Waals surface area contributed by atoms with Gasteiger partial charge in [-0.1, -0.05) is 29.8 Å². The molecule has 4 rings (SSSR count). The van der Waals surface area contributed by atoms with Crippen molar-refractivity contribution in [2.45, 2.75) is 26.9 Å². The number of amides is 3. The smallest absolute Gasteiger partial charge is 0.267 e. The van der Waals surface area contributed by atoms with E-state index in [1.54, 1.807) is 11.0 Å². The van der Waals surface area contributed by atoms with Crippen LogP contribution in [0.2, 0.25) is 0 Å². The van der Waals surface area contributed by atoms with E-state index in [1.807, 2.05) is 56.0 Å². The summed E-state index contributed by atoms with van der Waals surface area (Å²) in [5.74, 6) is 0.620. The van der Waals surface area contributed by atoms with Crippen LogP contribution >= 0.6 is 0 Å². The molecular weight excluding hydrogens is 448 g/mol. The topological polar surface area (TPSA) is 100 Å². The second-order valence-corrected chi connectivity index (χ2v) is 9.06. The van der Waals surface area contributed by atoms with Crippen molar-refractivity contribution >= 4 is 23.4 Å². The zero-order valence-electron chi connectivity index (χ0n) is 20.4. The minimum atomic E-state index is -0.668. The summed E-state index contributed by atoms with van der Waals surface area (Å²) in [7, 11) is 0. The summed E-state index contributed by atoms with van der Waals surface area (Å²) in [4.78, 5) is 41.3. The molecule has 9 heteroatoms. The molecule has 1 saturated heterocycles. The number of anilines is 1. The maximum Gasteiger partial charge on any atom is 0.267 e. The molecule has 0 unspecified atom stereocenters. The third-order valence-electron chi connectivity index (χ3n) is 6.22. The minimum Gasteiger partial charge on any atom is -0.485 e. The summed E-state index contributed by atoms with van der Waals surface area (Å²) in [5, 5.41) is 5.57. The van der Waals surface area contributed by atoms with Crippen LogP contribution in [-0.2, 0) is 14.4 Å². The number of fused-ring (bicyclic) bond motifs is 1. The summed E-state index contributed by atoms with van der Waals surface area (Å²) < 4.78 is 11.5. The Morgan fingerprint density at radius 2 is 1.60 bits per heavy atom. The summed E-state index contributed by atoms with van der Waals surface area (Å²) in [6.45, 7) is 8.31. The molecule has 0 aromatic heterocycles. The van der Waals surface area contributed by atoms with Crippen molar-refractivity contribution in [1.29, 1.82) is 0 Å². The van der Waals surface area contributed by atoms with E-state index in [1.165, 1.54) is 0 Å². The first kappa shape index (κ1) is 24.5. The first-order chi connectivity index (χ1) is 16.8. The third kappa shape index (κ3) is 6.10. The number of piperazine rings is 1. The van der Waals surface area contributed by atoms with Gasteiger partial charge in [-0.05, 0) is 44.0 Å². The van der Waals surface area contributed by atoms with Gasteiger partial charge in [-0.25, -0.2) is 0 Å². The lowest BCUT2D eigenvalue weighted by Crippen LogP contribution is -2.55. The van der Waals surface area contributed by atoms with Crippen LogP contribution < -0.4 is 20.1 Å². The number of rotatable bonds is 6. The highest BCUT2D eigenvalue weighted by Gasteiger charge is 2.32. The van der Waals surface area contributed by atoms with Gasteiger partial charge in [-0.15, -0.1) is 0 Å². The number of nitrogens with one attached hydrogen (secondary N) is 2. The molecule has 2 aliphatic heterocycles. The number of carbonyl (C=O) groups excluding carboxylic acids is 3. The molecule has 0 aliphatic carbocycles. The van der Waals surface area contributed by atoms with Crippen LogP contribution in [0.15, 0.2) is 36.4 Å². The monoisotopic (exact) mass is 480 g/mol. The predicted molar refractivity (Wildman–Crippen MR) is 132 cm³/mol. The molecule has 0 bridgehead atoms. The van der Waals surface area contributed by atoms with Gasteiger partial charge >= 0.3 is 0 Å². The van der Waals surface area contributed by atoms with E-state index in [4.69, 9.17) is 9.47 Å². The molecule has 35 heavy (non-hydrogen) atoms. The van der Waals surface area contributed by atoms with E-state index in [2.05, 4.69) is 10.6 Å². The molecule has 0 saturated carbocycles. The Morgan fingerprint density at radius 3 is 2.29 bits per heavy atom. The van der Waals surface area contributed by atoms with Gasteiger partial charge in [0, 0.05) is 31.9 Å². The fraction of sp³-hybridized carbons (Fsp3) is 0.423. The number of ether oxygens (including phenoxy) is 2. The Morgan fingerprint density at radius 1 is 0.943 bits per heavy atom. The Kier molecular flexibility index (Phi) is 7.55. The second kappa shape index (κ2) is 10.8. The number of benzene rings is 2. The van der Waals surface area contributed by atoms with Gasteiger partial charge in [-0.2, -0.15) is 0 Å². The van der Waals surface area contributed by atoms with Gasteiger partial charge in [-0.3, -0.25) is 19.3 Å². The molecule has 2 N–H and O–H groups in total. The number of carbonyl (C=O) groups is 3. The zero-order chi connectivity index (χ0) is 24.9. The van der Waals surface area contributed by atoms with Gasteiger partial charge in [0.05, 0.1) is 13.1 Å². The van der Waals surface area contributed by atoms with Crippen molar-refractivity contribution in [1.82, 2.24) is 15.1 Å². The lowest BCUT2D eigenvalue weighted by Gasteiger charge is -2.36. The van der Waals surface area contributed by atoms with Crippen molar-refractivity contribution in [2.75, 3.05) is 51.2 Å². The van der Waals surface area contributed by atoms with E-state index < -0.39 is 6.10 Å². The van der Waals surface area contributed by atoms with Crippen LogP contribution in [0.25, 0.3) is 0 Å². The van der Waals surface area contributed by atoms with Crippen molar-refractivity contribution < 1.29 is 23.9 Å². The normalized spacial score (nSPS) is 17.6. The maximum absolute atomic E-state index is 12.9. The fourth-order valence-corrected chi connectivity index (χ4v) is 4.47. The van der Waals surface area contributed by atoms with E-state index in [-0.39, 0.29) is 37.4 Å². The fourth-order valence-electron chi connectivity index (χ4n) is 4.47. The highest BCUT2D eigenvalue weighted by Crippen LogP contribution is 2.31. The van der Waals surface area contributed by atoms with E-state index in [9.17, 15) is 14.4 Å². The van der Waals surface area contributed by atoms with E-state index in [0.29, 0.717) is 37.7 Å². The van der Waals surface area contributed by atoms with Crippen molar-refractivity contribution in [3.63, 3.8) is 0 Å². The molecule has 9 nitrogen and oxygen atoms in total. The van der Waals surface area contributed by atoms with Gasteiger partial charge in [0.15, 0.2) is 11.5 Å². The Labute approximate surface area is 205 Å². The van der Waals surface area contributed by atoms with Crippen LogP contribution in [0.5, 0.6) is 11.5 Å². The predicted octanol–water partition coefficient (Wildman–Crippen LogP) is 1.65. The van der Waals surface area contributed by atoms with Gasteiger partial charge in [0.25, 0.3) is 5.91 Å². The lowest BCUT2D eigenvalue weighted by molar-refractivity contribution is -0.143. The standard InChI is InChI=1S/C26H32N4O5/c1-17-12-18(2)25(19(3)13-17)28-23(31)14-27-24(32)15-29-8-10-30(11-9-29)26(33)22-16-34-20-6-4-5-7-21(20)35-22/h4-7,12-13,22H,8-11,14-16H2,1-3H3,(H,27,32)(H,28,31)/t22-/m1/s1. The maximum atomic E-state index is 12.9. The van der Waals surface area contributed by atoms with Crippen LogP contribution in [-0.4, -0.2) is 79.5 Å². The quantitative estimate of drug-likeness (QED) is 0.652. The average molecular weight is 481 g/mol. The van der Waals surface area contributed by atoms with Gasteiger partial charge in [0.1, 0.15) is 6.61 Å². The largest absolute Gasteiger partial charge is 0.485 e. The van der Waals surface area contributed by atoms with E-state index in [0.717, 1.165) is 22.4 Å². The first-order valence-electron chi connectivity index (χ1n) is 11.8. The molecule has 1 atom stereocenters. The highest BCUT2D eigenvalue weighted by atomic mass is 16.6. The van der Waals surface area contributed by atoms with Crippen molar-refractivity contribution in [2.24, 2.45) is 0 Å². The van der Waals surface area contributed by atoms with Crippen LogP contribution in [0.3, 0.4) is 0 Å². The number of hydrogen-bond donors (Lipinski definition) is 2. The highest BCUT2D eigenvalue weighted by molar-refractivity contribution is 5.96. The van der Waals surface area contributed by atoms with Crippen LogP contribution in [0.4, 0.5) is 5.69 Å². The summed E-state index contributed by atoms with van der Waals surface area (Å²) in [6, 6.07) is 11.3. The number of aryl methyl sites for hydroxylation is 3. The van der Waals surface area contributed by atoms with Gasteiger partial charge in [0.2, 0.25) is 17.9 Å². The summed E-state index contributed by atoms with van der Waals surface area (Å²) >= 11 is 0. The Balaban J connectivity index is 1.18. The summed E-state index contributed by atoms with van der Waals surface area (Å²) in [5.41, 5.74) is 3.90. The van der Waals surface area contributed by atoms with Crippen molar-refractivity contribution in [3.8, 4) is 11.5 Å². The molecule has 186 valence electrons. The summed E-state index contributed by atoms with van der Waals surface area (Å²) in [6.07, 6.45) is -0.668. The average Bonchev–Trinajstić information content (AvgIpc) is 2.84. The molecule has 2 aliphatic rings. The Bertz CT molecular complexity index is 1090. The molecule has 0 radical (unpaired) electrons. The molecule has 2 heterocycles. The third-order valence-corrected chi connectivity index (χ3v) is 6.22. The SMILES string of the molecule is Cc1cc(C)c(NC(=O)CNC(=O)CN2CCN(C(=O)[C@H]3COc4ccccc4O3)CC2)c(C)c1. The molecule has 2 aromatic rings. The van der Waals surface area contributed by atoms with E-state index >= 15 is 0 Å². The van der Waals surface area contributed by atoms with Crippen molar-refractivity contribution in [3.05, 3.63) is 53.1 Å². The Hall–Kier alpha value is -3.59. The molecule has 0 spiro atoms. The van der Waals surface area contributed by atoms with Crippen LogP contribution in [0, 0.1) is 20.8 Å². The zero-order valence-corrected chi connectivity index (χ0v) is 20.4. The molecular formula is C26H32N4O5. The molecule has 2 aromatic carbocycles. The molecule has 3 amide bonds.